The van der Waals surface area contributed by atoms with Gasteiger partial charge in [0.1, 0.15) is 11.7 Å². The third-order valence-corrected chi connectivity index (χ3v) is 10.2. The highest BCUT2D eigenvalue weighted by atomic mass is 31.2. The topological polar surface area (TPSA) is 224 Å². The highest BCUT2D eigenvalue weighted by Gasteiger charge is 2.39. The molecule has 21 heteroatoms. The van der Waals surface area contributed by atoms with Crippen LogP contribution in [0.15, 0.2) is 36.5 Å². The molecule has 2 fully saturated rings. The lowest BCUT2D eigenvalue weighted by molar-refractivity contribution is -0.134. The molecule has 1 aromatic heterocycles. The van der Waals surface area contributed by atoms with Crippen LogP contribution in [0.4, 0.5) is 20.1 Å². The van der Waals surface area contributed by atoms with Crippen LogP contribution < -0.4 is 10.2 Å². The average molecular weight is 795 g/mol. The van der Waals surface area contributed by atoms with Crippen molar-refractivity contribution < 1.29 is 66.0 Å². The fourth-order valence-corrected chi connectivity index (χ4v) is 7.06. The van der Waals surface area contributed by atoms with Gasteiger partial charge in [0.05, 0.1) is 32.1 Å². The summed E-state index contributed by atoms with van der Waals surface area (Å²) in [4.78, 5) is 77.7. The molecule has 0 bridgehead atoms. The first-order valence-electron chi connectivity index (χ1n) is 17.7. The van der Waals surface area contributed by atoms with Gasteiger partial charge >= 0.3 is 26.0 Å². The molecule has 0 radical (unpaired) electrons. The standard InChI is InChI=1S/C34H47N6O14P/c1-5-48-32(43)39-18-16-38(17-19-39)31(42)27(21-55(46,53-22-51-33(44)49-6-2)54-23-52-34(45)50-7-3)37-30(41)26-12-14-35-29(36-26)25-10-8-9-11-28(25)40-15-13-24(20-40)47-4/h8-12,14,24,27H,5-7,13,15-23H2,1-4H3,(H,37,41)/t24-,27-/m0/s1. The Labute approximate surface area is 318 Å². The summed E-state index contributed by atoms with van der Waals surface area (Å²) < 4.78 is 54.3. The van der Waals surface area contributed by atoms with Crippen molar-refractivity contribution in [1.82, 2.24) is 25.1 Å². The molecule has 2 aliphatic heterocycles. The van der Waals surface area contributed by atoms with E-state index in [0.717, 1.165) is 18.7 Å². The fraction of sp³-hybridized carbons (Fsp3) is 0.559. The van der Waals surface area contributed by atoms with Crippen LogP contribution in [0.25, 0.3) is 11.4 Å². The predicted molar refractivity (Wildman–Crippen MR) is 192 cm³/mol. The van der Waals surface area contributed by atoms with Crippen LogP contribution in [0.1, 0.15) is 37.7 Å². The summed E-state index contributed by atoms with van der Waals surface area (Å²) in [5.41, 5.74) is 1.39. The summed E-state index contributed by atoms with van der Waals surface area (Å²) in [6, 6.07) is 7.22. The quantitative estimate of drug-likeness (QED) is 0.105. The second-order valence-corrected chi connectivity index (χ2v) is 14.0. The Kier molecular flexibility index (Phi) is 16.4. The SMILES string of the molecule is CCOC(=O)OCOP(=O)(C[C@H](NC(=O)c1ccnc(-c2ccccc2N2CC[C@H](OC)C2)n1)C(=O)N1CCN(C(=O)OCC)CC1)OCOC(=O)OCC. The lowest BCUT2D eigenvalue weighted by Gasteiger charge is -2.36. The molecule has 0 unspecified atom stereocenters. The minimum atomic E-state index is -4.56. The van der Waals surface area contributed by atoms with Crippen molar-refractivity contribution in [2.75, 3.05) is 90.8 Å². The van der Waals surface area contributed by atoms with Crippen molar-refractivity contribution in [1.29, 1.82) is 0 Å². The number of carbonyl (C=O) groups excluding carboxylic acids is 5. The monoisotopic (exact) mass is 794 g/mol. The summed E-state index contributed by atoms with van der Waals surface area (Å²) in [5.74, 6) is -1.29. The molecule has 0 spiro atoms. The van der Waals surface area contributed by atoms with E-state index in [1.807, 2.05) is 24.3 Å². The number of amides is 3. The van der Waals surface area contributed by atoms with Crippen LogP contribution in [-0.4, -0.2) is 148 Å². The lowest BCUT2D eigenvalue weighted by Crippen LogP contribution is -2.57. The number of piperazine rings is 1. The summed E-state index contributed by atoms with van der Waals surface area (Å²) in [6.45, 7) is 4.72. The van der Waals surface area contributed by atoms with Gasteiger partial charge in [-0.3, -0.25) is 23.2 Å². The molecule has 1 N–H and O–H groups in total. The molecule has 4 rings (SSSR count). The summed E-state index contributed by atoms with van der Waals surface area (Å²) in [6.07, 6.45) is -1.34. The molecule has 2 aromatic rings. The Bertz CT molecular complexity index is 1650. The summed E-state index contributed by atoms with van der Waals surface area (Å²) in [5, 5.41) is 2.59. The van der Waals surface area contributed by atoms with Gasteiger partial charge < -0.3 is 48.4 Å². The van der Waals surface area contributed by atoms with Crippen molar-refractivity contribution >= 4 is 43.5 Å². The molecule has 3 amide bonds. The normalized spacial score (nSPS) is 16.2. The number of hydrogen-bond donors (Lipinski definition) is 1. The molecule has 1 aromatic carbocycles. The van der Waals surface area contributed by atoms with Crippen molar-refractivity contribution in [3.8, 4) is 11.4 Å². The molecular formula is C34H47N6O14P. The zero-order chi connectivity index (χ0) is 39.8. The van der Waals surface area contributed by atoms with E-state index < -0.39 is 63.6 Å². The number of nitrogens with zero attached hydrogens (tertiary/aromatic N) is 5. The third-order valence-electron chi connectivity index (χ3n) is 8.36. The van der Waals surface area contributed by atoms with Gasteiger partial charge in [-0.05, 0) is 45.4 Å². The summed E-state index contributed by atoms with van der Waals surface area (Å²) >= 11 is 0. The molecule has 20 nitrogen and oxygen atoms in total. The van der Waals surface area contributed by atoms with E-state index in [1.54, 1.807) is 14.0 Å². The van der Waals surface area contributed by atoms with E-state index in [2.05, 4.69) is 20.2 Å². The molecule has 2 saturated heterocycles. The number of para-hydroxylation sites is 1. The zero-order valence-corrected chi connectivity index (χ0v) is 32.1. The van der Waals surface area contributed by atoms with Gasteiger partial charge in [-0.15, -0.1) is 0 Å². The molecule has 3 heterocycles. The van der Waals surface area contributed by atoms with E-state index >= 15 is 0 Å². The molecule has 0 saturated carbocycles. The number of rotatable bonds is 17. The van der Waals surface area contributed by atoms with Gasteiger partial charge in [-0.1, -0.05) is 12.1 Å². The molecular weight excluding hydrogens is 747 g/mol. The zero-order valence-electron chi connectivity index (χ0n) is 31.2. The molecule has 55 heavy (non-hydrogen) atoms. The first-order chi connectivity index (χ1) is 26.5. The van der Waals surface area contributed by atoms with Gasteiger partial charge in [-0.2, -0.15) is 0 Å². The first-order valence-corrected chi connectivity index (χ1v) is 19.4. The Morgan fingerprint density at radius 3 is 2.05 bits per heavy atom. The number of ether oxygens (including phenoxy) is 6. The predicted octanol–water partition coefficient (Wildman–Crippen LogP) is 3.26. The maximum absolute atomic E-state index is 14.1. The second-order valence-electron chi connectivity index (χ2n) is 11.9. The first kappa shape index (κ1) is 42.7. The van der Waals surface area contributed by atoms with Crippen LogP contribution >= 0.6 is 7.60 Å². The highest BCUT2D eigenvalue weighted by molar-refractivity contribution is 7.54. The van der Waals surface area contributed by atoms with Crippen molar-refractivity contribution in [3.05, 3.63) is 42.2 Å². The maximum atomic E-state index is 14.1. The Balaban J connectivity index is 1.60. The third kappa shape index (κ3) is 12.5. The van der Waals surface area contributed by atoms with Crippen LogP contribution in [-0.2, 0) is 46.8 Å². The van der Waals surface area contributed by atoms with Gasteiger partial charge in [0.2, 0.25) is 19.5 Å². The van der Waals surface area contributed by atoms with Crippen LogP contribution in [0, 0.1) is 0 Å². The minimum Gasteiger partial charge on any atom is -0.450 e. The van der Waals surface area contributed by atoms with Gasteiger partial charge in [-0.25, -0.2) is 24.4 Å². The van der Waals surface area contributed by atoms with Crippen molar-refractivity contribution in [2.45, 2.75) is 39.3 Å². The maximum Gasteiger partial charge on any atom is 0.510 e. The number of carbonyl (C=O) groups is 5. The van der Waals surface area contributed by atoms with Crippen molar-refractivity contribution in [2.24, 2.45) is 0 Å². The number of hydrogen-bond acceptors (Lipinski definition) is 17. The van der Waals surface area contributed by atoms with Gasteiger partial charge in [0.15, 0.2) is 5.82 Å². The number of benzene rings is 1. The second kappa shape index (κ2) is 21.2. The lowest BCUT2D eigenvalue weighted by atomic mass is 10.1. The largest absolute Gasteiger partial charge is 0.510 e. The summed E-state index contributed by atoms with van der Waals surface area (Å²) in [7, 11) is -2.90. The van der Waals surface area contributed by atoms with Gasteiger partial charge in [0.25, 0.3) is 5.91 Å². The van der Waals surface area contributed by atoms with Crippen LogP contribution in [0.5, 0.6) is 0 Å². The molecule has 302 valence electrons. The molecule has 2 atom stereocenters. The van der Waals surface area contributed by atoms with Gasteiger partial charge in [0, 0.05) is 63.8 Å². The Morgan fingerprint density at radius 2 is 1.45 bits per heavy atom. The molecule has 2 aliphatic rings. The highest BCUT2D eigenvalue weighted by Crippen LogP contribution is 2.49. The smallest absolute Gasteiger partial charge is 0.450 e. The van der Waals surface area contributed by atoms with E-state index in [4.69, 9.17) is 37.5 Å². The fourth-order valence-electron chi connectivity index (χ4n) is 5.65. The Morgan fingerprint density at radius 1 is 0.836 bits per heavy atom. The molecule has 0 aliphatic carbocycles. The average Bonchev–Trinajstić information content (AvgIpc) is 3.67. The van der Waals surface area contributed by atoms with Crippen molar-refractivity contribution in [3.63, 3.8) is 0 Å². The van der Waals surface area contributed by atoms with E-state index in [-0.39, 0.29) is 63.6 Å². The van der Waals surface area contributed by atoms with E-state index in [1.165, 1.54) is 35.9 Å². The number of aromatic nitrogens is 2. The number of nitrogens with one attached hydrogen (secondary N) is 1. The number of methoxy groups -OCH3 is 1. The van der Waals surface area contributed by atoms with Crippen LogP contribution in [0.2, 0.25) is 0 Å². The van der Waals surface area contributed by atoms with Crippen LogP contribution in [0.3, 0.4) is 0 Å². The minimum absolute atomic E-state index is 0.0186. The van der Waals surface area contributed by atoms with E-state index in [0.29, 0.717) is 12.1 Å². The number of anilines is 1. The van der Waals surface area contributed by atoms with E-state index in [9.17, 15) is 28.5 Å². The Hall–Kier alpha value is -5.04.